The molecule has 2 aromatic carbocycles. The van der Waals surface area contributed by atoms with Crippen molar-refractivity contribution in [3.8, 4) is 5.75 Å². The van der Waals surface area contributed by atoms with Gasteiger partial charge in [0.05, 0.1) is 24.0 Å². The Kier molecular flexibility index (Phi) is 5.83. The van der Waals surface area contributed by atoms with E-state index in [4.69, 9.17) is 4.74 Å². The third-order valence-corrected chi connectivity index (χ3v) is 5.30. The van der Waals surface area contributed by atoms with Crippen molar-refractivity contribution in [1.29, 1.82) is 0 Å². The zero-order valence-electron chi connectivity index (χ0n) is 14.9. The average molecular weight is 370 g/mol. The van der Waals surface area contributed by atoms with Gasteiger partial charge < -0.3 is 15.0 Å². The number of thioether (sulfide) groups is 1. The summed E-state index contributed by atoms with van der Waals surface area (Å²) in [6.07, 6.45) is 0.733. The number of benzene rings is 2. The summed E-state index contributed by atoms with van der Waals surface area (Å²) in [4.78, 5) is 27.1. The van der Waals surface area contributed by atoms with E-state index in [0.29, 0.717) is 17.9 Å². The second-order valence-electron chi connectivity index (χ2n) is 6.27. The van der Waals surface area contributed by atoms with E-state index >= 15 is 0 Å². The Morgan fingerprint density at radius 1 is 1.15 bits per heavy atom. The van der Waals surface area contributed by atoms with Crippen LogP contribution in [0.4, 0.5) is 0 Å². The topological polar surface area (TPSA) is 58.6 Å². The second-order valence-corrected chi connectivity index (χ2v) is 7.29. The molecule has 0 aromatic heterocycles. The number of hydrogen-bond acceptors (Lipinski definition) is 4. The van der Waals surface area contributed by atoms with Gasteiger partial charge in [-0.15, -0.1) is 11.8 Å². The molecule has 1 N–H and O–H groups in total. The molecular formula is C20H22N2O3S. The fraction of sp³-hybridized carbons (Fsp3) is 0.300. The van der Waals surface area contributed by atoms with E-state index in [-0.39, 0.29) is 17.9 Å². The SMILES string of the molecule is CN(C)C(=O)CSc1ccccc1C(=O)N[C@@H]1CCOc2ccccc21. The summed E-state index contributed by atoms with van der Waals surface area (Å²) in [5.74, 6) is 1.01. The minimum absolute atomic E-state index is 0.0172. The molecule has 0 aliphatic carbocycles. The van der Waals surface area contributed by atoms with E-state index in [1.54, 1.807) is 25.1 Å². The molecule has 2 aromatic rings. The Hall–Kier alpha value is -2.47. The first-order chi connectivity index (χ1) is 12.6. The lowest BCUT2D eigenvalue weighted by molar-refractivity contribution is -0.125. The largest absolute Gasteiger partial charge is 0.493 e. The number of amides is 2. The molecule has 6 heteroatoms. The molecule has 1 heterocycles. The standard InChI is InChI=1S/C20H22N2O3S/c1-22(2)19(23)13-26-18-10-6-4-8-15(18)20(24)21-16-11-12-25-17-9-5-3-7-14(16)17/h3-10,16H,11-13H2,1-2H3,(H,21,24)/t16-/m1/s1. The molecule has 0 saturated heterocycles. The number of ether oxygens (including phenoxy) is 1. The number of carbonyl (C=O) groups is 2. The highest BCUT2D eigenvalue weighted by Crippen LogP contribution is 2.32. The van der Waals surface area contributed by atoms with Crippen molar-refractivity contribution in [3.05, 3.63) is 59.7 Å². The van der Waals surface area contributed by atoms with Gasteiger partial charge in [0, 0.05) is 31.0 Å². The van der Waals surface area contributed by atoms with Crippen LogP contribution in [0.5, 0.6) is 5.75 Å². The van der Waals surface area contributed by atoms with Gasteiger partial charge in [-0.05, 0) is 18.2 Å². The molecular weight excluding hydrogens is 348 g/mol. The summed E-state index contributed by atoms with van der Waals surface area (Å²) in [6.45, 7) is 0.579. The summed E-state index contributed by atoms with van der Waals surface area (Å²) in [5.41, 5.74) is 1.59. The van der Waals surface area contributed by atoms with Gasteiger partial charge in [-0.2, -0.15) is 0 Å². The van der Waals surface area contributed by atoms with Gasteiger partial charge >= 0.3 is 0 Å². The van der Waals surface area contributed by atoms with Crippen LogP contribution >= 0.6 is 11.8 Å². The lowest BCUT2D eigenvalue weighted by Crippen LogP contribution is -2.32. The first-order valence-corrected chi connectivity index (χ1v) is 9.49. The number of nitrogens with one attached hydrogen (secondary N) is 1. The molecule has 0 radical (unpaired) electrons. The maximum Gasteiger partial charge on any atom is 0.252 e. The quantitative estimate of drug-likeness (QED) is 0.822. The third kappa shape index (κ3) is 4.19. The third-order valence-electron chi connectivity index (χ3n) is 4.25. The molecule has 0 unspecified atom stereocenters. The highest BCUT2D eigenvalue weighted by atomic mass is 32.2. The predicted molar refractivity (Wildman–Crippen MR) is 103 cm³/mol. The Morgan fingerprint density at radius 3 is 2.69 bits per heavy atom. The molecule has 136 valence electrons. The van der Waals surface area contributed by atoms with Gasteiger partial charge in [0.2, 0.25) is 5.91 Å². The highest BCUT2D eigenvalue weighted by Gasteiger charge is 2.24. The first-order valence-electron chi connectivity index (χ1n) is 8.51. The molecule has 3 rings (SSSR count). The maximum atomic E-state index is 12.9. The fourth-order valence-corrected chi connectivity index (χ4v) is 3.80. The van der Waals surface area contributed by atoms with Crippen LogP contribution in [0.2, 0.25) is 0 Å². The minimum atomic E-state index is -0.132. The number of nitrogens with zero attached hydrogens (tertiary/aromatic N) is 1. The van der Waals surface area contributed by atoms with Gasteiger partial charge in [0.15, 0.2) is 0 Å². The van der Waals surface area contributed by atoms with Crippen LogP contribution in [-0.4, -0.2) is 43.2 Å². The van der Waals surface area contributed by atoms with Crippen molar-refractivity contribution in [2.45, 2.75) is 17.4 Å². The van der Waals surface area contributed by atoms with Crippen molar-refractivity contribution in [3.63, 3.8) is 0 Å². The van der Waals surface area contributed by atoms with E-state index in [0.717, 1.165) is 22.6 Å². The zero-order valence-corrected chi connectivity index (χ0v) is 15.7. The molecule has 0 saturated carbocycles. The van der Waals surface area contributed by atoms with Gasteiger partial charge in [0.1, 0.15) is 5.75 Å². The molecule has 0 spiro atoms. The molecule has 0 fully saturated rings. The lowest BCUT2D eigenvalue weighted by Gasteiger charge is -2.27. The van der Waals surface area contributed by atoms with Crippen molar-refractivity contribution >= 4 is 23.6 Å². The second kappa shape index (κ2) is 8.27. The Balaban J connectivity index is 1.74. The highest BCUT2D eigenvalue weighted by molar-refractivity contribution is 8.00. The van der Waals surface area contributed by atoms with Crippen molar-refractivity contribution in [1.82, 2.24) is 10.2 Å². The molecule has 1 aliphatic heterocycles. The predicted octanol–water partition coefficient (Wildman–Crippen LogP) is 3.12. The van der Waals surface area contributed by atoms with Crippen LogP contribution in [0.25, 0.3) is 0 Å². The summed E-state index contributed by atoms with van der Waals surface area (Å²) in [6, 6.07) is 15.1. The molecule has 2 amide bonds. The van der Waals surface area contributed by atoms with Crippen LogP contribution in [0.1, 0.15) is 28.4 Å². The summed E-state index contributed by atoms with van der Waals surface area (Å²) in [5, 5.41) is 3.11. The normalized spacial score (nSPS) is 15.5. The first kappa shape index (κ1) is 18.3. The van der Waals surface area contributed by atoms with E-state index in [9.17, 15) is 9.59 Å². The lowest BCUT2D eigenvalue weighted by atomic mass is 10.00. The van der Waals surface area contributed by atoms with E-state index in [2.05, 4.69) is 5.32 Å². The Bertz CT molecular complexity index is 807. The smallest absolute Gasteiger partial charge is 0.252 e. The van der Waals surface area contributed by atoms with Crippen LogP contribution in [0, 0.1) is 0 Å². The van der Waals surface area contributed by atoms with Crippen LogP contribution < -0.4 is 10.1 Å². The number of hydrogen-bond donors (Lipinski definition) is 1. The maximum absolute atomic E-state index is 12.9. The van der Waals surface area contributed by atoms with Crippen molar-refractivity contribution in [2.24, 2.45) is 0 Å². The molecule has 26 heavy (non-hydrogen) atoms. The molecule has 0 bridgehead atoms. The minimum Gasteiger partial charge on any atom is -0.493 e. The Morgan fingerprint density at radius 2 is 1.88 bits per heavy atom. The summed E-state index contributed by atoms with van der Waals surface area (Å²) < 4.78 is 5.65. The monoisotopic (exact) mass is 370 g/mol. The number of carbonyl (C=O) groups excluding carboxylic acids is 2. The van der Waals surface area contributed by atoms with E-state index in [1.807, 2.05) is 42.5 Å². The van der Waals surface area contributed by atoms with E-state index < -0.39 is 0 Å². The van der Waals surface area contributed by atoms with Gasteiger partial charge in [-0.25, -0.2) is 0 Å². The fourth-order valence-electron chi connectivity index (χ4n) is 2.78. The number of rotatable bonds is 5. The van der Waals surface area contributed by atoms with Gasteiger partial charge in [-0.1, -0.05) is 30.3 Å². The molecule has 1 atom stereocenters. The molecule has 5 nitrogen and oxygen atoms in total. The van der Waals surface area contributed by atoms with Crippen molar-refractivity contribution in [2.75, 3.05) is 26.5 Å². The van der Waals surface area contributed by atoms with E-state index in [1.165, 1.54) is 11.8 Å². The van der Waals surface area contributed by atoms with Crippen LogP contribution in [0.15, 0.2) is 53.4 Å². The number of para-hydroxylation sites is 1. The average Bonchev–Trinajstić information content (AvgIpc) is 2.66. The molecule has 1 aliphatic rings. The summed E-state index contributed by atoms with van der Waals surface area (Å²) >= 11 is 1.38. The van der Waals surface area contributed by atoms with Crippen molar-refractivity contribution < 1.29 is 14.3 Å². The van der Waals surface area contributed by atoms with Gasteiger partial charge in [-0.3, -0.25) is 9.59 Å². The zero-order chi connectivity index (χ0) is 18.5. The van der Waals surface area contributed by atoms with Crippen LogP contribution in [0.3, 0.4) is 0 Å². The number of fused-ring (bicyclic) bond motifs is 1. The van der Waals surface area contributed by atoms with Crippen LogP contribution in [-0.2, 0) is 4.79 Å². The van der Waals surface area contributed by atoms with Gasteiger partial charge in [0.25, 0.3) is 5.91 Å². The Labute approximate surface area is 157 Å². The summed E-state index contributed by atoms with van der Waals surface area (Å²) in [7, 11) is 3.45.